The Morgan fingerprint density at radius 3 is 2.71 bits per heavy atom. The maximum Gasteiger partial charge on any atom is 0.123 e. The molecule has 17 heavy (non-hydrogen) atoms. The summed E-state index contributed by atoms with van der Waals surface area (Å²) in [5, 5.41) is 4.83. The highest BCUT2D eigenvalue weighted by Crippen LogP contribution is 2.23. The van der Waals surface area contributed by atoms with Crippen molar-refractivity contribution < 1.29 is 4.39 Å². The molecular weight excluding hydrogens is 241 g/mol. The van der Waals surface area contributed by atoms with Crippen molar-refractivity contribution >= 4 is 11.6 Å². The van der Waals surface area contributed by atoms with Gasteiger partial charge in [-0.2, -0.15) is 5.10 Å². The van der Waals surface area contributed by atoms with Crippen LogP contribution in [0, 0.1) is 12.7 Å². The second-order valence-corrected chi connectivity index (χ2v) is 4.41. The van der Waals surface area contributed by atoms with E-state index in [0.717, 1.165) is 11.4 Å². The molecule has 0 fully saturated rings. The van der Waals surface area contributed by atoms with Crippen LogP contribution in [0.25, 0.3) is 5.69 Å². The van der Waals surface area contributed by atoms with Crippen molar-refractivity contribution in [2.75, 3.05) is 0 Å². The second kappa shape index (κ2) is 4.47. The largest absolute Gasteiger partial charge is 0.324 e. The van der Waals surface area contributed by atoms with Crippen molar-refractivity contribution in [2.24, 2.45) is 5.73 Å². The minimum Gasteiger partial charge on any atom is -0.324 e. The first kappa shape index (κ1) is 12.1. The van der Waals surface area contributed by atoms with Crippen LogP contribution in [0.4, 0.5) is 4.39 Å². The summed E-state index contributed by atoms with van der Waals surface area (Å²) in [7, 11) is 0. The van der Waals surface area contributed by atoms with Crippen molar-refractivity contribution in [1.82, 2.24) is 9.78 Å². The third kappa shape index (κ3) is 2.33. The van der Waals surface area contributed by atoms with E-state index in [1.807, 2.05) is 6.92 Å². The van der Waals surface area contributed by atoms with Crippen LogP contribution in [0.3, 0.4) is 0 Å². The van der Waals surface area contributed by atoms with Gasteiger partial charge in [0.2, 0.25) is 0 Å². The number of nitrogens with zero attached hydrogens (tertiary/aromatic N) is 2. The third-order valence-corrected chi connectivity index (χ3v) is 2.94. The van der Waals surface area contributed by atoms with Gasteiger partial charge < -0.3 is 5.73 Å². The molecule has 2 rings (SSSR count). The van der Waals surface area contributed by atoms with Crippen molar-refractivity contribution in [3.8, 4) is 5.69 Å². The van der Waals surface area contributed by atoms with E-state index in [-0.39, 0.29) is 11.9 Å². The van der Waals surface area contributed by atoms with E-state index in [1.54, 1.807) is 23.9 Å². The van der Waals surface area contributed by atoms with Gasteiger partial charge in [-0.3, -0.25) is 0 Å². The zero-order valence-corrected chi connectivity index (χ0v) is 10.4. The lowest BCUT2D eigenvalue weighted by Gasteiger charge is -2.12. The fourth-order valence-electron chi connectivity index (χ4n) is 1.66. The summed E-state index contributed by atoms with van der Waals surface area (Å²) in [4.78, 5) is 0. The molecule has 0 saturated heterocycles. The molecule has 2 N–H and O–H groups in total. The van der Waals surface area contributed by atoms with Crippen LogP contribution in [0.1, 0.15) is 24.2 Å². The van der Waals surface area contributed by atoms with Crippen molar-refractivity contribution in [3.63, 3.8) is 0 Å². The molecule has 0 aliphatic carbocycles. The Bertz CT molecular complexity index is 529. The van der Waals surface area contributed by atoms with Gasteiger partial charge in [0.25, 0.3) is 0 Å². The van der Waals surface area contributed by atoms with Crippen LogP contribution in [-0.4, -0.2) is 9.78 Å². The molecular formula is C12H13ClFN3. The average molecular weight is 254 g/mol. The molecule has 5 heteroatoms. The van der Waals surface area contributed by atoms with Gasteiger partial charge in [0.1, 0.15) is 5.82 Å². The van der Waals surface area contributed by atoms with Crippen molar-refractivity contribution in [1.29, 1.82) is 0 Å². The minimum atomic E-state index is -0.309. The lowest BCUT2D eigenvalue weighted by atomic mass is 10.1. The number of halogens is 2. The summed E-state index contributed by atoms with van der Waals surface area (Å²) in [6.45, 7) is 3.62. The fourth-order valence-corrected chi connectivity index (χ4v) is 1.79. The zero-order chi connectivity index (χ0) is 12.6. The van der Waals surface area contributed by atoms with Gasteiger partial charge in [-0.25, -0.2) is 9.07 Å². The molecule has 0 spiro atoms. The van der Waals surface area contributed by atoms with Crippen LogP contribution in [0.5, 0.6) is 0 Å². The molecule has 0 bridgehead atoms. The van der Waals surface area contributed by atoms with Gasteiger partial charge in [0.15, 0.2) is 0 Å². The first-order valence-corrected chi connectivity index (χ1v) is 5.64. The van der Waals surface area contributed by atoms with E-state index in [1.165, 1.54) is 12.1 Å². The molecule has 3 nitrogen and oxygen atoms in total. The lowest BCUT2D eigenvalue weighted by Crippen LogP contribution is -2.10. The quantitative estimate of drug-likeness (QED) is 0.894. The van der Waals surface area contributed by atoms with Gasteiger partial charge in [0, 0.05) is 12.2 Å². The predicted molar refractivity (Wildman–Crippen MR) is 65.9 cm³/mol. The average Bonchev–Trinajstić information content (AvgIpc) is 2.59. The minimum absolute atomic E-state index is 0.274. The maximum atomic E-state index is 13.2. The highest BCUT2D eigenvalue weighted by atomic mass is 35.5. The molecule has 1 aromatic heterocycles. The number of nitrogens with two attached hydrogens (primary N) is 1. The standard InChI is InChI=1S/C12H13ClFN3/c1-7(15)10-5-9(14)3-4-12(10)17-6-11(13)8(2)16-17/h3-7H,15H2,1-2H3/t7-/m1/s1. The van der Waals surface area contributed by atoms with Gasteiger partial charge in [-0.15, -0.1) is 0 Å². The van der Waals surface area contributed by atoms with E-state index in [0.29, 0.717) is 10.6 Å². The van der Waals surface area contributed by atoms with E-state index < -0.39 is 0 Å². The van der Waals surface area contributed by atoms with Crippen LogP contribution in [0.15, 0.2) is 24.4 Å². The molecule has 0 saturated carbocycles. The van der Waals surface area contributed by atoms with Gasteiger partial charge in [0.05, 0.1) is 16.4 Å². The summed E-state index contributed by atoms with van der Waals surface area (Å²) in [6, 6.07) is 4.18. The van der Waals surface area contributed by atoms with Crippen molar-refractivity contribution in [2.45, 2.75) is 19.9 Å². The van der Waals surface area contributed by atoms with E-state index >= 15 is 0 Å². The van der Waals surface area contributed by atoms with E-state index in [4.69, 9.17) is 17.3 Å². The normalized spacial score (nSPS) is 12.8. The highest BCUT2D eigenvalue weighted by molar-refractivity contribution is 6.31. The summed E-state index contributed by atoms with van der Waals surface area (Å²) in [5.74, 6) is -0.309. The third-order valence-electron chi connectivity index (χ3n) is 2.57. The van der Waals surface area contributed by atoms with E-state index in [9.17, 15) is 4.39 Å². The molecule has 1 aromatic carbocycles. The number of hydrogen-bond acceptors (Lipinski definition) is 2. The summed E-state index contributed by atoms with van der Waals surface area (Å²) >= 11 is 5.95. The molecule has 1 heterocycles. The van der Waals surface area contributed by atoms with Gasteiger partial charge in [-0.1, -0.05) is 11.6 Å². The Balaban J connectivity index is 2.58. The maximum absolute atomic E-state index is 13.2. The topological polar surface area (TPSA) is 43.8 Å². The van der Waals surface area contributed by atoms with Crippen LogP contribution < -0.4 is 5.73 Å². The van der Waals surface area contributed by atoms with Crippen LogP contribution in [-0.2, 0) is 0 Å². The fraction of sp³-hybridized carbons (Fsp3) is 0.250. The first-order valence-electron chi connectivity index (χ1n) is 5.26. The van der Waals surface area contributed by atoms with Gasteiger partial charge >= 0.3 is 0 Å². The molecule has 0 radical (unpaired) electrons. The van der Waals surface area contributed by atoms with Crippen molar-refractivity contribution in [3.05, 3.63) is 46.5 Å². The smallest absolute Gasteiger partial charge is 0.123 e. The van der Waals surface area contributed by atoms with E-state index in [2.05, 4.69) is 5.10 Å². The number of rotatable bonds is 2. The Morgan fingerprint density at radius 1 is 1.47 bits per heavy atom. The molecule has 0 aliphatic heterocycles. The predicted octanol–water partition coefficient (Wildman–Crippen LogP) is 2.99. The van der Waals surface area contributed by atoms with Gasteiger partial charge in [-0.05, 0) is 37.6 Å². The summed E-state index contributed by atoms with van der Waals surface area (Å²) in [6.07, 6.45) is 1.69. The number of aryl methyl sites for hydroxylation is 1. The molecule has 2 aromatic rings. The number of hydrogen-bond donors (Lipinski definition) is 1. The Labute approximate surface area is 104 Å². The Kier molecular flexibility index (Phi) is 3.17. The Hall–Kier alpha value is -1.39. The molecule has 0 amide bonds. The molecule has 0 aliphatic rings. The second-order valence-electron chi connectivity index (χ2n) is 4.00. The molecule has 1 atom stereocenters. The number of benzene rings is 1. The monoisotopic (exact) mass is 253 g/mol. The summed E-state index contributed by atoms with van der Waals surface area (Å²) in [5.41, 5.74) is 8.00. The molecule has 90 valence electrons. The van der Waals surface area contributed by atoms with Crippen LogP contribution in [0.2, 0.25) is 5.02 Å². The zero-order valence-electron chi connectivity index (χ0n) is 9.61. The summed E-state index contributed by atoms with van der Waals surface area (Å²) < 4.78 is 14.8. The SMILES string of the molecule is Cc1nn(-c2ccc(F)cc2[C@@H](C)N)cc1Cl. The number of aromatic nitrogens is 2. The van der Waals surface area contributed by atoms with Crippen LogP contribution >= 0.6 is 11.6 Å². The highest BCUT2D eigenvalue weighted by Gasteiger charge is 2.12. The lowest BCUT2D eigenvalue weighted by molar-refractivity contribution is 0.620. The first-order chi connectivity index (χ1) is 7.99. The Morgan fingerprint density at radius 2 is 2.18 bits per heavy atom. The molecule has 0 unspecified atom stereocenters.